The highest BCUT2D eigenvalue weighted by Crippen LogP contribution is 2.17. The zero-order valence-electron chi connectivity index (χ0n) is 15.1. The Morgan fingerprint density at radius 1 is 1.12 bits per heavy atom. The predicted molar refractivity (Wildman–Crippen MR) is 106 cm³/mol. The summed E-state index contributed by atoms with van der Waals surface area (Å²) in [4.78, 5) is 11.7. The molecule has 0 bridgehead atoms. The number of ether oxygens (including phenoxy) is 1. The third kappa shape index (κ3) is 5.29. The van der Waals surface area contributed by atoms with E-state index in [-0.39, 0.29) is 12.0 Å². The molecule has 0 amide bonds. The predicted octanol–water partition coefficient (Wildman–Crippen LogP) is 4.53. The molecule has 2 aromatic rings. The lowest BCUT2D eigenvalue weighted by Crippen LogP contribution is -2.30. The topological polar surface area (TPSA) is 50.4 Å². The number of nitrogens with one attached hydrogen (secondary N) is 2. The summed E-state index contributed by atoms with van der Waals surface area (Å²) >= 11 is 5.38. The van der Waals surface area contributed by atoms with Gasteiger partial charge in [0.25, 0.3) is 0 Å². The Morgan fingerprint density at radius 3 is 2.40 bits per heavy atom. The number of benzene rings is 2. The molecule has 25 heavy (non-hydrogen) atoms. The number of carbonyl (C=O) groups is 1. The lowest BCUT2D eigenvalue weighted by molar-refractivity contribution is 0.0526. The molecule has 1 unspecified atom stereocenters. The Kier molecular flexibility index (Phi) is 6.53. The largest absolute Gasteiger partial charge is 0.462 e. The van der Waals surface area contributed by atoms with Crippen LogP contribution in [0.1, 0.15) is 46.9 Å². The van der Waals surface area contributed by atoms with E-state index in [2.05, 4.69) is 49.6 Å². The normalized spacial score (nSPS) is 11.5. The Bertz CT molecular complexity index is 757. The van der Waals surface area contributed by atoms with E-state index in [1.165, 1.54) is 16.7 Å². The standard InChI is InChI=1S/C20H24N2O2S/c1-5-24-19(23)16-8-10-18(11-9-16)22-20(25)21-15(4)17-7-6-13(2)14(3)12-17/h6-12,15H,5H2,1-4H3,(H2,21,22,25). The van der Waals surface area contributed by atoms with Gasteiger partial charge in [-0.05, 0) is 80.9 Å². The maximum Gasteiger partial charge on any atom is 0.338 e. The molecule has 2 aromatic carbocycles. The van der Waals surface area contributed by atoms with Gasteiger partial charge in [-0.25, -0.2) is 4.79 Å². The lowest BCUT2D eigenvalue weighted by atomic mass is 10.0. The molecule has 5 heteroatoms. The summed E-state index contributed by atoms with van der Waals surface area (Å²) in [6.45, 7) is 8.43. The van der Waals surface area contributed by atoms with Crippen molar-refractivity contribution in [2.75, 3.05) is 11.9 Å². The fourth-order valence-electron chi connectivity index (χ4n) is 2.39. The molecule has 0 heterocycles. The highest BCUT2D eigenvalue weighted by Gasteiger charge is 2.09. The number of aryl methyl sites for hydroxylation is 2. The minimum Gasteiger partial charge on any atom is -0.462 e. The second-order valence-corrected chi connectivity index (χ2v) is 6.37. The third-order valence-corrected chi connectivity index (χ3v) is 4.25. The highest BCUT2D eigenvalue weighted by molar-refractivity contribution is 7.80. The van der Waals surface area contributed by atoms with Crippen LogP contribution in [-0.2, 0) is 4.74 Å². The maximum atomic E-state index is 11.7. The molecule has 2 N–H and O–H groups in total. The van der Waals surface area contributed by atoms with Gasteiger partial charge in [-0.15, -0.1) is 0 Å². The summed E-state index contributed by atoms with van der Waals surface area (Å²) in [7, 11) is 0. The number of esters is 1. The van der Waals surface area contributed by atoms with E-state index in [9.17, 15) is 4.79 Å². The van der Waals surface area contributed by atoms with Crippen molar-refractivity contribution in [1.29, 1.82) is 0 Å². The number of hydrogen-bond donors (Lipinski definition) is 2. The van der Waals surface area contributed by atoms with Crippen molar-refractivity contribution < 1.29 is 9.53 Å². The van der Waals surface area contributed by atoms with Crippen LogP contribution < -0.4 is 10.6 Å². The van der Waals surface area contributed by atoms with Gasteiger partial charge >= 0.3 is 5.97 Å². The van der Waals surface area contributed by atoms with Gasteiger partial charge in [-0.1, -0.05) is 18.2 Å². The summed E-state index contributed by atoms with van der Waals surface area (Å²) in [6, 6.07) is 13.5. The fourth-order valence-corrected chi connectivity index (χ4v) is 2.68. The molecule has 2 rings (SSSR count). The van der Waals surface area contributed by atoms with Crippen LogP contribution >= 0.6 is 12.2 Å². The van der Waals surface area contributed by atoms with E-state index in [0.717, 1.165) is 5.69 Å². The van der Waals surface area contributed by atoms with E-state index in [1.54, 1.807) is 31.2 Å². The van der Waals surface area contributed by atoms with Crippen LogP contribution in [0.4, 0.5) is 5.69 Å². The van der Waals surface area contributed by atoms with Gasteiger partial charge in [-0.2, -0.15) is 0 Å². The van der Waals surface area contributed by atoms with Crippen molar-refractivity contribution in [2.24, 2.45) is 0 Å². The molecule has 0 spiro atoms. The zero-order valence-corrected chi connectivity index (χ0v) is 15.9. The second kappa shape index (κ2) is 8.62. The van der Waals surface area contributed by atoms with Crippen LogP contribution in [0.2, 0.25) is 0 Å². The average Bonchev–Trinajstić information content (AvgIpc) is 2.58. The Hall–Kier alpha value is -2.40. The SMILES string of the molecule is CCOC(=O)c1ccc(NC(=S)NC(C)c2ccc(C)c(C)c2)cc1. The second-order valence-electron chi connectivity index (χ2n) is 5.96. The first-order valence-electron chi connectivity index (χ1n) is 8.32. The van der Waals surface area contributed by atoms with Crippen molar-refractivity contribution in [3.63, 3.8) is 0 Å². The monoisotopic (exact) mass is 356 g/mol. The number of rotatable bonds is 5. The van der Waals surface area contributed by atoms with Crippen molar-refractivity contribution >= 4 is 29.0 Å². The molecular formula is C20H24N2O2S. The van der Waals surface area contributed by atoms with Gasteiger partial charge in [-0.3, -0.25) is 0 Å². The van der Waals surface area contributed by atoms with Gasteiger partial charge in [0.15, 0.2) is 5.11 Å². The maximum absolute atomic E-state index is 11.7. The quantitative estimate of drug-likeness (QED) is 0.609. The molecule has 0 fully saturated rings. The average molecular weight is 356 g/mol. The summed E-state index contributed by atoms with van der Waals surface area (Å²) < 4.78 is 4.97. The molecule has 0 aromatic heterocycles. The first-order valence-corrected chi connectivity index (χ1v) is 8.73. The molecule has 0 aliphatic rings. The zero-order chi connectivity index (χ0) is 18.4. The van der Waals surface area contributed by atoms with Gasteiger partial charge in [0.05, 0.1) is 18.2 Å². The van der Waals surface area contributed by atoms with Crippen LogP contribution in [-0.4, -0.2) is 17.7 Å². The Morgan fingerprint density at radius 2 is 1.80 bits per heavy atom. The van der Waals surface area contributed by atoms with Crippen LogP contribution in [0.3, 0.4) is 0 Å². The van der Waals surface area contributed by atoms with E-state index in [4.69, 9.17) is 17.0 Å². The molecule has 0 aliphatic heterocycles. The number of thiocarbonyl (C=S) groups is 1. The summed E-state index contributed by atoms with van der Waals surface area (Å²) in [5.74, 6) is -0.321. The minimum atomic E-state index is -0.321. The first-order chi connectivity index (χ1) is 11.9. The van der Waals surface area contributed by atoms with E-state index in [0.29, 0.717) is 17.3 Å². The molecule has 0 aliphatic carbocycles. The van der Waals surface area contributed by atoms with Crippen molar-refractivity contribution in [3.8, 4) is 0 Å². The molecule has 0 radical (unpaired) electrons. The number of hydrogen-bond acceptors (Lipinski definition) is 3. The fraction of sp³-hybridized carbons (Fsp3) is 0.300. The molecule has 132 valence electrons. The smallest absolute Gasteiger partial charge is 0.338 e. The summed E-state index contributed by atoms with van der Waals surface area (Å²) in [5, 5.41) is 6.95. The minimum absolute atomic E-state index is 0.0955. The van der Waals surface area contributed by atoms with Gasteiger partial charge < -0.3 is 15.4 Å². The van der Waals surface area contributed by atoms with Crippen molar-refractivity contribution in [3.05, 3.63) is 64.7 Å². The van der Waals surface area contributed by atoms with Crippen molar-refractivity contribution in [2.45, 2.75) is 33.7 Å². The van der Waals surface area contributed by atoms with E-state index in [1.807, 2.05) is 0 Å². The molecule has 0 saturated carbocycles. The Balaban J connectivity index is 1.95. The van der Waals surface area contributed by atoms with Gasteiger partial charge in [0.1, 0.15) is 0 Å². The van der Waals surface area contributed by atoms with Gasteiger partial charge in [0, 0.05) is 5.69 Å². The Labute approximate surface area is 154 Å². The van der Waals surface area contributed by atoms with Crippen LogP contribution in [0, 0.1) is 13.8 Å². The summed E-state index contributed by atoms with van der Waals surface area (Å²) in [5.41, 5.74) is 5.07. The first kappa shape index (κ1) is 18.9. The third-order valence-electron chi connectivity index (χ3n) is 4.03. The van der Waals surface area contributed by atoms with Crippen LogP contribution in [0.25, 0.3) is 0 Å². The number of carbonyl (C=O) groups excluding carboxylic acids is 1. The van der Waals surface area contributed by atoms with Gasteiger partial charge in [0.2, 0.25) is 0 Å². The lowest BCUT2D eigenvalue weighted by Gasteiger charge is -2.18. The highest BCUT2D eigenvalue weighted by atomic mass is 32.1. The number of anilines is 1. The van der Waals surface area contributed by atoms with Crippen LogP contribution in [0.15, 0.2) is 42.5 Å². The molecule has 4 nitrogen and oxygen atoms in total. The molecular weight excluding hydrogens is 332 g/mol. The molecule has 1 atom stereocenters. The van der Waals surface area contributed by atoms with Crippen LogP contribution in [0.5, 0.6) is 0 Å². The summed E-state index contributed by atoms with van der Waals surface area (Å²) in [6.07, 6.45) is 0. The van der Waals surface area contributed by atoms with Crippen molar-refractivity contribution in [1.82, 2.24) is 5.32 Å². The van der Waals surface area contributed by atoms with E-state index < -0.39 is 0 Å². The van der Waals surface area contributed by atoms with E-state index >= 15 is 0 Å². The molecule has 0 saturated heterocycles.